The summed E-state index contributed by atoms with van der Waals surface area (Å²) in [6.45, 7) is 0.798. The fourth-order valence-corrected chi connectivity index (χ4v) is 3.95. The van der Waals surface area contributed by atoms with Crippen molar-refractivity contribution in [3.8, 4) is 5.75 Å². The lowest BCUT2D eigenvalue weighted by atomic mass is 9.83. The Balaban J connectivity index is 1.78. The van der Waals surface area contributed by atoms with E-state index in [1.54, 1.807) is 0 Å². The summed E-state index contributed by atoms with van der Waals surface area (Å²) in [5.41, 5.74) is 1.30. The minimum atomic E-state index is 0.293. The summed E-state index contributed by atoms with van der Waals surface area (Å²) in [7, 11) is 0. The molecule has 1 saturated carbocycles. The highest BCUT2D eigenvalue weighted by Gasteiger charge is 2.31. The Bertz CT molecular complexity index is 585. The van der Waals surface area contributed by atoms with E-state index in [0.29, 0.717) is 5.41 Å². The summed E-state index contributed by atoms with van der Waals surface area (Å²) in [4.78, 5) is 4.40. The molecule has 0 amide bonds. The molecule has 2 nitrogen and oxygen atoms in total. The van der Waals surface area contributed by atoms with Crippen molar-refractivity contribution in [3.05, 3.63) is 36.5 Å². The van der Waals surface area contributed by atoms with Crippen LogP contribution in [0.4, 0.5) is 0 Å². The summed E-state index contributed by atoms with van der Waals surface area (Å²) < 4.78 is 6.24. The van der Waals surface area contributed by atoms with E-state index in [-0.39, 0.29) is 0 Å². The van der Waals surface area contributed by atoms with E-state index in [9.17, 15) is 0 Å². The Morgan fingerprint density at radius 2 is 1.86 bits per heavy atom. The van der Waals surface area contributed by atoms with Gasteiger partial charge in [-0.15, -0.1) is 0 Å². The van der Waals surface area contributed by atoms with Gasteiger partial charge in [-0.2, -0.15) is 0 Å². The first-order valence-electron chi connectivity index (χ1n) is 7.86. The molecule has 0 aliphatic heterocycles. The Morgan fingerprint density at radius 3 is 2.62 bits per heavy atom. The Morgan fingerprint density at radius 1 is 1.05 bits per heavy atom. The monoisotopic (exact) mass is 347 g/mol. The second kappa shape index (κ2) is 6.78. The zero-order valence-electron chi connectivity index (χ0n) is 12.4. The van der Waals surface area contributed by atoms with Crippen molar-refractivity contribution in [3.63, 3.8) is 0 Å². The SMILES string of the molecule is BrCC1(COc2cccc3ncccc23)CCCCCC1. The third-order valence-electron chi connectivity index (χ3n) is 4.59. The highest BCUT2D eigenvalue weighted by atomic mass is 79.9. The van der Waals surface area contributed by atoms with Crippen LogP contribution in [-0.2, 0) is 0 Å². The first-order valence-corrected chi connectivity index (χ1v) is 8.98. The van der Waals surface area contributed by atoms with Gasteiger partial charge in [-0.3, -0.25) is 4.98 Å². The predicted molar refractivity (Wildman–Crippen MR) is 91.2 cm³/mol. The van der Waals surface area contributed by atoms with E-state index < -0.39 is 0 Å². The number of pyridine rings is 1. The molecule has 0 atom stereocenters. The molecule has 0 bridgehead atoms. The van der Waals surface area contributed by atoms with Gasteiger partial charge in [0.2, 0.25) is 0 Å². The third kappa shape index (κ3) is 3.39. The second-order valence-electron chi connectivity index (χ2n) is 6.16. The zero-order chi connectivity index (χ0) is 14.5. The molecule has 1 fully saturated rings. The topological polar surface area (TPSA) is 22.1 Å². The Kier molecular flexibility index (Phi) is 4.79. The van der Waals surface area contributed by atoms with Gasteiger partial charge in [-0.1, -0.05) is 47.7 Å². The van der Waals surface area contributed by atoms with Crippen LogP contribution in [0.25, 0.3) is 10.9 Å². The minimum absolute atomic E-state index is 0.293. The van der Waals surface area contributed by atoms with E-state index >= 15 is 0 Å². The number of alkyl halides is 1. The van der Waals surface area contributed by atoms with Crippen molar-refractivity contribution in [2.45, 2.75) is 38.5 Å². The van der Waals surface area contributed by atoms with Gasteiger partial charge >= 0.3 is 0 Å². The maximum Gasteiger partial charge on any atom is 0.128 e. The van der Waals surface area contributed by atoms with Crippen molar-refractivity contribution >= 4 is 26.8 Å². The molecule has 1 aromatic heterocycles. The average molecular weight is 348 g/mol. The molecule has 3 heteroatoms. The molecule has 3 rings (SSSR count). The Labute approximate surface area is 135 Å². The highest BCUT2D eigenvalue weighted by Crippen LogP contribution is 2.38. The van der Waals surface area contributed by atoms with E-state index in [2.05, 4.69) is 33.0 Å². The van der Waals surface area contributed by atoms with Crippen LogP contribution in [0.15, 0.2) is 36.5 Å². The summed E-state index contributed by atoms with van der Waals surface area (Å²) in [5.74, 6) is 0.963. The molecular weight excluding hydrogens is 326 g/mol. The molecule has 1 heterocycles. The number of rotatable bonds is 4. The summed E-state index contributed by atoms with van der Waals surface area (Å²) in [6, 6.07) is 10.2. The molecule has 0 N–H and O–H groups in total. The standard InChI is InChI=1S/C18H22BrNO/c19-13-18(10-3-1-2-4-11-18)14-21-17-9-5-8-16-15(17)7-6-12-20-16/h5-9,12H,1-4,10-11,13-14H2. The fraction of sp³-hybridized carbons (Fsp3) is 0.500. The lowest BCUT2D eigenvalue weighted by Gasteiger charge is -2.30. The van der Waals surface area contributed by atoms with E-state index in [1.165, 1.54) is 38.5 Å². The van der Waals surface area contributed by atoms with Gasteiger partial charge < -0.3 is 4.74 Å². The van der Waals surface area contributed by atoms with Crippen molar-refractivity contribution in [1.29, 1.82) is 0 Å². The van der Waals surface area contributed by atoms with E-state index in [1.807, 2.05) is 24.4 Å². The predicted octanol–water partition coefficient (Wildman–Crippen LogP) is 5.35. The van der Waals surface area contributed by atoms with Crippen LogP contribution in [0.3, 0.4) is 0 Å². The van der Waals surface area contributed by atoms with Crippen LogP contribution >= 0.6 is 15.9 Å². The molecule has 1 aliphatic rings. The first-order chi connectivity index (χ1) is 10.3. The number of fused-ring (bicyclic) bond motifs is 1. The van der Waals surface area contributed by atoms with Gasteiger partial charge in [0.15, 0.2) is 0 Å². The number of aromatic nitrogens is 1. The van der Waals surface area contributed by atoms with Crippen molar-refractivity contribution in [2.24, 2.45) is 5.41 Å². The van der Waals surface area contributed by atoms with Gasteiger partial charge in [0.05, 0.1) is 12.1 Å². The van der Waals surface area contributed by atoms with Crippen LogP contribution in [0.5, 0.6) is 5.75 Å². The molecule has 0 spiro atoms. The second-order valence-corrected chi connectivity index (χ2v) is 6.72. The van der Waals surface area contributed by atoms with Gasteiger partial charge in [-0.25, -0.2) is 0 Å². The number of hydrogen-bond acceptors (Lipinski definition) is 2. The lowest BCUT2D eigenvalue weighted by molar-refractivity contribution is 0.150. The number of nitrogens with zero attached hydrogens (tertiary/aromatic N) is 1. The quantitative estimate of drug-likeness (QED) is 0.549. The first kappa shape index (κ1) is 14.8. The largest absolute Gasteiger partial charge is 0.492 e. The van der Waals surface area contributed by atoms with Crippen LogP contribution in [-0.4, -0.2) is 16.9 Å². The van der Waals surface area contributed by atoms with E-state index in [4.69, 9.17) is 4.74 Å². The van der Waals surface area contributed by atoms with Gasteiger partial charge in [0, 0.05) is 22.3 Å². The van der Waals surface area contributed by atoms with Crippen LogP contribution in [0.2, 0.25) is 0 Å². The van der Waals surface area contributed by atoms with Gasteiger partial charge in [-0.05, 0) is 37.1 Å². The molecule has 1 aromatic carbocycles. The zero-order valence-corrected chi connectivity index (χ0v) is 13.9. The Hall–Kier alpha value is -1.09. The fourth-order valence-electron chi connectivity index (χ4n) is 3.23. The van der Waals surface area contributed by atoms with Crippen molar-refractivity contribution < 1.29 is 4.74 Å². The lowest BCUT2D eigenvalue weighted by Crippen LogP contribution is -2.30. The molecule has 21 heavy (non-hydrogen) atoms. The molecule has 0 saturated heterocycles. The number of halogens is 1. The summed E-state index contributed by atoms with van der Waals surface area (Å²) >= 11 is 3.73. The smallest absolute Gasteiger partial charge is 0.128 e. The molecule has 2 aromatic rings. The maximum absolute atomic E-state index is 6.24. The van der Waals surface area contributed by atoms with Crippen LogP contribution in [0.1, 0.15) is 38.5 Å². The molecule has 112 valence electrons. The summed E-state index contributed by atoms with van der Waals surface area (Å²) in [5, 5.41) is 2.14. The van der Waals surface area contributed by atoms with Crippen molar-refractivity contribution in [2.75, 3.05) is 11.9 Å². The van der Waals surface area contributed by atoms with Crippen LogP contribution in [0, 0.1) is 5.41 Å². The van der Waals surface area contributed by atoms with Crippen molar-refractivity contribution in [1.82, 2.24) is 4.98 Å². The van der Waals surface area contributed by atoms with Gasteiger partial charge in [0.25, 0.3) is 0 Å². The molecule has 0 radical (unpaired) electrons. The minimum Gasteiger partial charge on any atom is -0.492 e. The van der Waals surface area contributed by atoms with Crippen LogP contribution < -0.4 is 4.74 Å². The number of hydrogen-bond donors (Lipinski definition) is 0. The molecule has 1 aliphatic carbocycles. The average Bonchev–Trinajstić information content (AvgIpc) is 2.79. The molecular formula is C18H22BrNO. The van der Waals surface area contributed by atoms with Gasteiger partial charge in [0.1, 0.15) is 5.75 Å². The third-order valence-corrected chi connectivity index (χ3v) is 5.78. The molecule has 0 unspecified atom stereocenters. The maximum atomic E-state index is 6.24. The summed E-state index contributed by atoms with van der Waals surface area (Å²) in [6.07, 6.45) is 9.75. The normalized spacial score (nSPS) is 18.3. The van der Waals surface area contributed by atoms with E-state index in [0.717, 1.165) is 28.6 Å². The number of ether oxygens (including phenoxy) is 1. The number of benzene rings is 1. The highest BCUT2D eigenvalue weighted by molar-refractivity contribution is 9.09.